The summed E-state index contributed by atoms with van der Waals surface area (Å²) in [6, 6.07) is 6.49. The van der Waals surface area contributed by atoms with Gasteiger partial charge in [-0.15, -0.1) is 0 Å². The second-order valence-corrected chi connectivity index (χ2v) is 12.4. The van der Waals surface area contributed by atoms with E-state index >= 15 is 0 Å². The molecule has 6 rings (SSSR count). The number of nitrogens with one attached hydrogen (secondary N) is 1. The number of carbonyl (C=O) groups is 1. The maximum absolute atomic E-state index is 12.9. The molecule has 1 aromatic carbocycles. The average molecular weight is 538 g/mol. The van der Waals surface area contributed by atoms with Gasteiger partial charge in [0.1, 0.15) is 6.61 Å². The minimum Gasteiger partial charge on any atom is -0.390 e. The highest BCUT2D eigenvalue weighted by atomic mass is 32.1. The number of ether oxygens (including phenoxy) is 2. The quantitative estimate of drug-likeness (QED) is 0.465. The number of aliphatic hydroxyl groups is 1. The molecule has 3 aromatic rings. The Morgan fingerprint density at radius 2 is 2.05 bits per heavy atom. The minimum atomic E-state index is -0.386. The van der Waals surface area contributed by atoms with Crippen LogP contribution in [-0.4, -0.2) is 74.4 Å². The van der Waals surface area contributed by atoms with Crippen molar-refractivity contribution in [3.63, 3.8) is 0 Å². The highest BCUT2D eigenvalue weighted by molar-refractivity contribution is 7.22. The monoisotopic (exact) mass is 537 g/mol. The topological polar surface area (TPSA) is 110 Å². The van der Waals surface area contributed by atoms with Crippen LogP contribution in [0.5, 0.6) is 0 Å². The Morgan fingerprint density at radius 1 is 1.24 bits per heavy atom. The SMILES string of the molecule is CC1(C)CN(C2CC(C(=O)Nc3nc4ccc(-c5cnc(CO[C@H]6CCC[C@@H]6O)nc5)cc4s3)C2)CCO1. The molecule has 1 aliphatic heterocycles. The van der Waals surface area contributed by atoms with Crippen molar-refractivity contribution in [2.75, 3.05) is 25.0 Å². The van der Waals surface area contributed by atoms with Crippen LogP contribution in [0.15, 0.2) is 30.6 Å². The Hall–Kier alpha value is -2.50. The number of anilines is 1. The van der Waals surface area contributed by atoms with E-state index in [-0.39, 0.29) is 29.6 Å². The summed E-state index contributed by atoms with van der Waals surface area (Å²) in [6.45, 7) is 7.16. The number of thiazole rings is 1. The lowest BCUT2D eigenvalue weighted by molar-refractivity contribution is -0.131. The Bertz CT molecular complexity index is 1290. The number of rotatable bonds is 7. The van der Waals surface area contributed by atoms with E-state index in [2.05, 4.69) is 45.1 Å². The van der Waals surface area contributed by atoms with E-state index in [0.717, 1.165) is 73.1 Å². The molecule has 10 heteroatoms. The van der Waals surface area contributed by atoms with E-state index in [1.54, 1.807) is 12.4 Å². The Kier molecular flexibility index (Phi) is 7.17. The first-order valence-corrected chi connectivity index (χ1v) is 14.3. The van der Waals surface area contributed by atoms with Crippen LogP contribution in [0, 0.1) is 5.92 Å². The fraction of sp³-hybridized carbons (Fsp3) is 0.571. The third-order valence-corrected chi connectivity index (χ3v) is 8.89. The number of hydrogen-bond donors (Lipinski definition) is 2. The number of nitrogens with zero attached hydrogens (tertiary/aromatic N) is 4. The Morgan fingerprint density at radius 3 is 2.79 bits per heavy atom. The fourth-order valence-electron chi connectivity index (χ4n) is 5.69. The van der Waals surface area contributed by atoms with Gasteiger partial charge in [-0.2, -0.15) is 0 Å². The summed E-state index contributed by atoms with van der Waals surface area (Å²) in [7, 11) is 0. The third kappa shape index (κ3) is 5.60. The van der Waals surface area contributed by atoms with E-state index in [9.17, 15) is 9.90 Å². The molecule has 0 bridgehead atoms. The number of benzene rings is 1. The van der Waals surface area contributed by atoms with Gasteiger partial charge in [-0.1, -0.05) is 17.4 Å². The lowest BCUT2D eigenvalue weighted by Gasteiger charge is -2.47. The molecule has 3 heterocycles. The predicted octanol–water partition coefficient (Wildman–Crippen LogP) is 4.01. The van der Waals surface area contributed by atoms with E-state index < -0.39 is 0 Å². The normalized spacial score (nSPS) is 27.3. The standard InChI is InChI=1S/C28H35N5O4S/c1-28(2)16-33(8-9-37-28)20-10-18(11-20)26(35)32-27-31-21-7-6-17(12-24(21)38-27)19-13-29-25(30-14-19)15-36-23-5-3-4-22(23)34/h6-7,12-14,18,20,22-23,34H,3-5,8-11,15-16H2,1-2H3,(H,31,32,35)/t18?,20?,22-,23-/m0/s1. The number of hydrogen-bond acceptors (Lipinski definition) is 9. The largest absolute Gasteiger partial charge is 0.390 e. The van der Waals surface area contributed by atoms with Crippen LogP contribution in [0.3, 0.4) is 0 Å². The lowest BCUT2D eigenvalue weighted by atomic mass is 9.78. The van der Waals surface area contributed by atoms with Gasteiger partial charge in [-0.05, 0) is 63.6 Å². The van der Waals surface area contributed by atoms with Crippen molar-refractivity contribution in [1.82, 2.24) is 19.9 Å². The van der Waals surface area contributed by atoms with Crippen molar-refractivity contribution in [2.45, 2.75) is 76.4 Å². The summed E-state index contributed by atoms with van der Waals surface area (Å²) < 4.78 is 12.6. The van der Waals surface area contributed by atoms with Gasteiger partial charge in [0.2, 0.25) is 5.91 Å². The maximum atomic E-state index is 12.9. The highest BCUT2D eigenvalue weighted by Gasteiger charge is 2.41. The summed E-state index contributed by atoms with van der Waals surface area (Å²) in [4.78, 5) is 28.9. The van der Waals surface area contributed by atoms with E-state index in [4.69, 9.17) is 9.47 Å². The number of aromatic nitrogens is 3. The Labute approximate surface area is 226 Å². The minimum absolute atomic E-state index is 0.0325. The third-order valence-electron chi connectivity index (χ3n) is 7.96. The zero-order valence-corrected chi connectivity index (χ0v) is 22.7. The van der Waals surface area contributed by atoms with Gasteiger partial charge in [0.25, 0.3) is 0 Å². The summed E-state index contributed by atoms with van der Waals surface area (Å²) in [5.41, 5.74) is 2.64. The molecule has 2 aliphatic carbocycles. The van der Waals surface area contributed by atoms with Crippen molar-refractivity contribution in [3.05, 3.63) is 36.4 Å². The van der Waals surface area contributed by atoms with Crippen LogP contribution in [-0.2, 0) is 20.9 Å². The smallest absolute Gasteiger partial charge is 0.229 e. The van der Waals surface area contributed by atoms with Gasteiger partial charge >= 0.3 is 0 Å². The lowest BCUT2D eigenvalue weighted by Crippen LogP contribution is -2.56. The summed E-state index contributed by atoms with van der Waals surface area (Å²) >= 11 is 1.49. The average Bonchev–Trinajstić information content (AvgIpc) is 3.46. The summed E-state index contributed by atoms with van der Waals surface area (Å²) in [5, 5.41) is 13.6. The number of morpholine rings is 1. The molecule has 0 radical (unpaired) electrons. The van der Waals surface area contributed by atoms with Crippen LogP contribution in [0.25, 0.3) is 21.3 Å². The van der Waals surface area contributed by atoms with Crippen molar-refractivity contribution in [2.24, 2.45) is 5.92 Å². The van der Waals surface area contributed by atoms with Gasteiger partial charge in [0.15, 0.2) is 11.0 Å². The van der Waals surface area contributed by atoms with E-state index in [0.29, 0.717) is 23.6 Å². The van der Waals surface area contributed by atoms with Crippen molar-refractivity contribution in [1.29, 1.82) is 0 Å². The highest BCUT2D eigenvalue weighted by Crippen LogP contribution is 2.36. The van der Waals surface area contributed by atoms with Crippen LogP contribution in [0.1, 0.15) is 51.8 Å². The molecular formula is C28H35N5O4S. The van der Waals surface area contributed by atoms with Gasteiger partial charge in [0.05, 0.1) is 34.6 Å². The molecule has 1 saturated heterocycles. The van der Waals surface area contributed by atoms with Crippen LogP contribution in [0.2, 0.25) is 0 Å². The first-order valence-electron chi connectivity index (χ1n) is 13.5. The fourth-order valence-corrected chi connectivity index (χ4v) is 6.60. The maximum Gasteiger partial charge on any atom is 0.229 e. The van der Waals surface area contributed by atoms with Crippen LogP contribution < -0.4 is 5.32 Å². The zero-order valence-electron chi connectivity index (χ0n) is 21.9. The first-order chi connectivity index (χ1) is 18.3. The van der Waals surface area contributed by atoms with Crippen molar-refractivity contribution >= 4 is 32.6 Å². The van der Waals surface area contributed by atoms with Crippen molar-refractivity contribution in [3.8, 4) is 11.1 Å². The molecule has 9 nitrogen and oxygen atoms in total. The molecule has 0 unspecified atom stereocenters. The Balaban J connectivity index is 1.04. The molecule has 2 N–H and O–H groups in total. The number of fused-ring (bicyclic) bond motifs is 1. The molecular weight excluding hydrogens is 502 g/mol. The number of carbonyl (C=O) groups excluding carboxylic acids is 1. The molecule has 2 saturated carbocycles. The molecule has 2 atom stereocenters. The molecule has 2 aromatic heterocycles. The summed E-state index contributed by atoms with van der Waals surface area (Å²) in [6.07, 6.45) is 7.53. The van der Waals surface area contributed by atoms with Crippen LogP contribution in [0.4, 0.5) is 5.13 Å². The molecule has 0 spiro atoms. The zero-order chi connectivity index (χ0) is 26.3. The number of amides is 1. The van der Waals surface area contributed by atoms with Gasteiger partial charge in [0, 0.05) is 43.0 Å². The van der Waals surface area contributed by atoms with Crippen molar-refractivity contribution < 1.29 is 19.4 Å². The van der Waals surface area contributed by atoms with Gasteiger partial charge in [-0.25, -0.2) is 15.0 Å². The van der Waals surface area contributed by atoms with Gasteiger partial charge < -0.3 is 19.9 Å². The van der Waals surface area contributed by atoms with Crippen LogP contribution >= 0.6 is 11.3 Å². The van der Waals surface area contributed by atoms with E-state index in [1.807, 2.05) is 12.1 Å². The second-order valence-electron chi connectivity index (χ2n) is 11.3. The first kappa shape index (κ1) is 25.8. The molecule has 38 heavy (non-hydrogen) atoms. The molecule has 3 aliphatic rings. The molecule has 1 amide bonds. The summed E-state index contributed by atoms with van der Waals surface area (Å²) in [5.74, 6) is 0.696. The van der Waals surface area contributed by atoms with E-state index in [1.165, 1.54) is 11.3 Å². The molecule has 202 valence electrons. The predicted molar refractivity (Wildman–Crippen MR) is 146 cm³/mol. The van der Waals surface area contributed by atoms with Gasteiger partial charge in [-0.3, -0.25) is 9.69 Å². The second kappa shape index (κ2) is 10.6. The number of aliphatic hydroxyl groups excluding tert-OH is 1. The molecule has 3 fully saturated rings.